The van der Waals surface area contributed by atoms with Gasteiger partial charge in [-0.1, -0.05) is 39.0 Å². The summed E-state index contributed by atoms with van der Waals surface area (Å²) in [5.41, 5.74) is 2.41. The Hall–Kier alpha value is -1.35. The molecular weight excluding hydrogens is 491 g/mol. The van der Waals surface area contributed by atoms with Crippen LogP contribution in [-0.4, -0.2) is 51.3 Å². The van der Waals surface area contributed by atoms with Crippen LogP contribution in [0.3, 0.4) is 0 Å². The SMILES string of the molecule is CN=C(NCC(=O)N1CCCc2ccccc21)NCC1CCCOC1C(C)(C)C.I. The van der Waals surface area contributed by atoms with Gasteiger partial charge < -0.3 is 20.3 Å². The van der Waals surface area contributed by atoms with Crippen LogP contribution < -0.4 is 15.5 Å². The van der Waals surface area contributed by atoms with Gasteiger partial charge in [0.1, 0.15) is 0 Å². The van der Waals surface area contributed by atoms with Crippen LogP contribution >= 0.6 is 24.0 Å². The Morgan fingerprint density at radius 1 is 1.23 bits per heavy atom. The second-order valence-corrected chi connectivity index (χ2v) is 9.14. The van der Waals surface area contributed by atoms with Crippen molar-refractivity contribution in [2.45, 2.75) is 52.6 Å². The third-order valence-corrected chi connectivity index (χ3v) is 5.87. The number of carbonyl (C=O) groups is 1. The van der Waals surface area contributed by atoms with Gasteiger partial charge in [-0.25, -0.2) is 0 Å². The zero-order valence-corrected chi connectivity index (χ0v) is 21.1. The minimum atomic E-state index is 0. The van der Waals surface area contributed by atoms with Gasteiger partial charge in [-0.05, 0) is 42.7 Å². The third kappa shape index (κ3) is 6.33. The first kappa shape index (κ1) is 24.9. The number of guanidine groups is 1. The number of hydrogen-bond donors (Lipinski definition) is 2. The monoisotopic (exact) mass is 528 g/mol. The van der Waals surface area contributed by atoms with Gasteiger partial charge in [0.25, 0.3) is 0 Å². The molecule has 1 aromatic rings. The van der Waals surface area contributed by atoms with E-state index in [2.05, 4.69) is 42.5 Å². The number of para-hydroxylation sites is 1. The van der Waals surface area contributed by atoms with Crippen molar-refractivity contribution >= 4 is 41.5 Å². The number of benzene rings is 1. The van der Waals surface area contributed by atoms with E-state index in [1.54, 1.807) is 7.05 Å². The number of aliphatic imine (C=N–C) groups is 1. The molecule has 2 N–H and O–H groups in total. The first-order valence-electron chi connectivity index (χ1n) is 10.8. The molecule has 30 heavy (non-hydrogen) atoms. The van der Waals surface area contributed by atoms with Crippen molar-refractivity contribution in [2.75, 3.05) is 38.2 Å². The second kappa shape index (κ2) is 11.3. The van der Waals surface area contributed by atoms with Gasteiger partial charge >= 0.3 is 0 Å². The smallest absolute Gasteiger partial charge is 0.246 e. The lowest BCUT2D eigenvalue weighted by molar-refractivity contribution is -0.117. The largest absolute Gasteiger partial charge is 0.377 e. The molecule has 1 amide bonds. The zero-order valence-electron chi connectivity index (χ0n) is 18.7. The molecule has 7 heteroatoms. The van der Waals surface area contributed by atoms with Crippen LogP contribution in [0.15, 0.2) is 29.3 Å². The van der Waals surface area contributed by atoms with E-state index in [9.17, 15) is 4.79 Å². The molecule has 2 unspecified atom stereocenters. The number of anilines is 1. The van der Waals surface area contributed by atoms with E-state index in [1.807, 2.05) is 23.1 Å². The van der Waals surface area contributed by atoms with Gasteiger partial charge in [0.15, 0.2) is 5.96 Å². The molecule has 6 nitrogen and oxygen atoms in total. The summed E-state index contributed by atoms with van der Waals surface area (Å²) < 4.78 is 6.07. The Labute approximate surface area is 198 Å². The van der Waals surface area contributed by atoms with E-state index in [0.29, 0.717) is 11.9 Å². The summed E-state index contributed by atoms with van der Waals surface area (Å²) >= 11 is 0. The molecule has 1 fully saturated rings. The van der Waals surface area contributed by atoms with Crippen molar-refractivity contribution in [3.05, 3.63) is 29.8 Å². The minimum absolute atomic E-state index is 0. The molecule has 2 heterocycles. The standard InChI is InChI=1S/C23H36N4O2.HI/c1-23(2,3)21-18(11-8-14-29-21)15-25-22(24-4)26-16-20(28)27-13-7-10-17-9-5-6-12-19(17)27;/h5-6,9,12,18,21H,7-8,10-11,13-16H2,1-4H3,(H2,24,25,26);1H. The fourth-order valence-corrected chi connectivity index (χ4v) is 4.51. The molecule has 0 spiro atoms. The molecule has 2 aliphatic rings. The second-order valence-electron chi connectivity index (χ2n) is 9.14. The minimum Gasteiger partial charge on any atom is -0.377 e. The number of fused-ring (bicyclic) bond motifs is 1. The van der Waals surface area contributed by atoms with Crippen LogP contribution in [0.5, 0.6) is 0 Å². The number of amides is 1. The fraction of sp³-hybridized carbons (Fsp3) is 0.652. The van der Waals surface area contributed by atoms with E-state index in [0.717, 1.165) is 51.1 Å². The van der Waals surface area contributed by atoms with Gasteiger partial charge in [-0.2, -0.15) is 0 Å². The number of nitrogens with one attached hydrogen (secondary N) is 2. The molecule has 1 saturated heterocycles. The van der Waals surface area contributed by atoms with Crippen molar-refractivity contribution in [3.63, 3.8) is 0 Å². The molecule has 2 aliphatic heterocycles. The molecule has 0 aromatic heterocycles. The summed E-state index contributed by atoms with van der Waals surface area (Å²) in [5, 5.41) is 6.60. The van der Waals surface area contributed by atoms with Crippen LogP contribution in [0.25, 0.3) is 0 Å². The summed E-state index contributed by atoms with van der Waals surface area (Å²) in [5.74, 6) is 1.18. The summed E-state index contributed by atoms with van der Waals surface area (Å²) in [7, 11) is 1.74. The fourth-order valence-electron chi connectivity index (χ4n) is 4.51. The first-order chi connectivity index (χ1) is 13.9. The van der Waals surface area contributed by atoms with E-state index in [4.69, 9.17) is 4.74 Å². The van der Waals surface area contributed by atoms with E-state index < -0.39 is 0 Å². The van der Waals surface area contributed by atoms with Crippen molar-refractivity contribution < 1.29 is 9.53 Å². The maximum Gasteiger partial charge on any atom is 0.246 e. The molecule has 2 atom stereocenters. The average Bonchev–Trinajstić information content (AvgIpc) is 2.72. The highest BCUT2D eigenvalue weighted by atomic mass is 127. The Morgan fingerprint density at radius 2 is 2.00 bits per heavy atom. The zero-order chi connectivity index (χ0) is 20.9. The number of carbonyl (C=O) groups excluding carboxylic acids is 1. The van der Waals surface area contributed by atoms with Gasteiger partial charge in [-0.15, -0.1) is 24.0 Å². The lowest BCUT2D eigenvalue weighted by Gasteiger charge is -2.40. The average molecular weight is 528 g/mol. The normalized spacial score (nSPS) is 22.0. The Morgan fingerprint density at radius 3 is 2.73 bits per heavy atom. The van der Waals surface area contributed by atoms with Crippen molar-refractivity contribution in [3.8, 4) is 0 Å². The van der Waals surface area contributed by atoms with Crippen molar-refractivity contribution in [1.82, 2.24) is 10.6 Å². The summed E-state index contributed by atoms with van der Waals surface area (Å²) in [4.78, 5) is 19.0. The summed E-state index contributed by atoms with van der Waals surface area (Å²) in [6.45, 7) is 9.35. The van der Waals surface area contributed by atoms with Crippen LogP contribution in [0.2, 0.25) is 0 Å². The van der Waals surface area contributed by atoms with Crippen LogP contribution in [0.1, 0.15) is 45.6 Å². The van der Waals surface area contributed by atoms with E-state index in [-0.39, 0.29) is 47.9 Å². The van der Waals surface area contributed by atoms with Crippen molar-refractivity contribution in [2.24, 2.45) is 16.3 Å². The Kier molecular flexibility index (Phi) is 9.40. The molecule has 168 valence electrons. The lowest BCUT2D eigenvalue weighted by atomic mass is 9.78. The van der Waals surface area contributed by atoms with Gasteiger partial charge in [0.2, 0.25) is 5.91 Å². The highest BCUT2D eigenvalue weighted by molar-refractivity contribution is 14.0. The highest BCUT2D eigenvalue weighted by Crippen LogP contribution is 2.33. The van der Waals surface area contributed by atoms with Gasteiger partial charge in [-0.3, -0.25) is 9.79 Å². The maximum atomic E-state index is 12.8. The molecule has 0 bridgehead atoms. The maximum absolute atomic E-state index is 12.8. The number of hydrogen-bond acceptors (Lipinski definition) is 3. The predicted molar refractivity (Wildman–Crippen MR) is 134 cm³/mol. The van der Waals surface area contributed by atoms with Crippen LogP contribution in [-0.2, 0) is 16.0 Å². The predicted octanol–water partition coefficient (Wildman–Crippen LogP) is 3.59. The Bertz CT molecular complexity index is 732. The number of rotatable bonds is 4. The molecule has 0 saturated carbocycles. The lowest BCUT2D eigenvalue weighted by Crippen LogP contribution is -2.49. The van der Waals surface area contributed by atoms with E-state index in [1.165, 1.54) is 5.56 Å². The molecular formula is C23H37IN4O2. The number of aryl methyl sites for hydroxylation is 1. The number of halogens is 1. The van der Waals surface area contributed by atoms with E-state index >= 15 is 0 Å². The quantitative estimate of drug-likeness (QED) is 0.356. The van der Waals surface area contributed by atoms with Gasteiger partial charge in [0.05, 0.1) is 12.6 Å². The number of ether oxygens (including phenoxy) is 1. The Balaban J connectivity index is 0.00000320. The van der Waals surface area contributed by atoms with Crippen LogP contribution in [0, 0.1) is 11.3 Å². The van der Waals surface area contributed by atoms with Crippen molar-refractivity contribution in [1.29, 1.82) is 0 Å². The topological polar surface area (TPSA) is 66.0 Å². The highest BCUT2D eigenvalue weighted by Gasteiger charge is 2.35. The molecule has 3 rings (SSSR count). The van der Waals surface area contributed by atoms with Crippen LogP contribution in [0.4, 0.5) is 5.69 Å². The molecule has 0 radical (unpaired) electrons. The summed E-state index contributed by atoms with van der Waals surface area (Å²) in [6.07, 6.45) is 4.52. The van der Waals surface area contributed by atoms with Gasteiger partial charge in [0, 0.05) is 38.3 Å². The molecule has 0 aliphatic carbocycles. The third-order valence-electron chi connectivity index (χ3n) is 5.87. The summed E-state index contributed by atoms with van der Waals surface area (Å²) in [6, 6.07) is 8.18. The number of nitrogens with zero attached hydrogens (tertiary/aromatic N) is 2. The molecule has 1 aromatic carbocycles. The first-order valence-corrected chi connectivity index (χ1v) is 10.8.